The lowest BCUT2D eigenvalue weighted by Crippen LogP contribution is -2.03. The van der Waals surface area contributed by atoms with E-state index in [4.69, 9.17) is 24.7 Å². The number of para-hydroxylation sites is 1. The van der Waals surface area contributed by atoms with Gasteiger partial charge >= 0.3 is 0 Å². The van der Waals surface area contributed by atoms with Crippen molar-refractivity contribution in [3.05, 3.63) is 83.3 Å². The van der Waals surface area contributed by atoms with E-state index < -0.39 is 5.82 Å². The molecular weight excluding hydrogens is 451 g/mol. The number of ketones is 1. The van der Waals surface area contributed by atoms with Gasteiger partial charge in [0.1, 0.15) is 0 Å². The van der Waals surface area contributed by atoms with Gasteiger partial charge < -0.3 is 30.0 Å². The fourth-order valence-corrected chi connectivity index (χ4v) is 3.67. The third-order valence-electron chi connectivity index (χ3n) is 5.48. The number of ether oxygens (including phenoxy) is 4. The summed E-state index contributed by atoms with van der Waals surface area (Å²) in [6.45, 7) is 0. The van der Waals surface area contributed by atoms with Crippen molar-refractivity contribution in [3.8, 4) is 23.0 Å². The maximum atomic E-state index is 14.5. The zero-order valence-electron chi connectivity index (χ0n) is 20.2. The van der Waals surface area contributed by atoms with E-state index in [1.165, 1.54) is 25.5 Å². The Kier molecular flexibility index (Phi) is 8.56. The zero-order chi connectivity index (χ0) is 25.4. The molecule has 35 heavy (non-hydrogen) atoms. The number of hydrogen-bond donors (Lipinski definition) is 2. The topological polar surface area (TPSA) is 92.0 Å². The number of hydrogen-bond acceptors (Lipinski definition) is 7. The number of benzene rings is 3. The molecule has 0 bridgehead atoms. The molecule has 0 aliphatic heterocycles. The predicted octanol–water partition coefficient (Wildman–Crippen LogP) is 5.04. The first-order valence-electron chi connectivity index (χ1n) is 10.9. The number of rotatable bonds is 11. The lowest BCUT2D eigenvalue weighted by atomic mass is 10.0. The van der Waals surface area contributed by atoms with E-state index in [1.54, 1.807) is 51.7 Å². The van der Waals surface area contributed by atoms with Gasteiger partial charge in [-0.1, -0.05) is 12.1 Å². The molecule has 0 heterocycles. The predicted molar refractivity (Wildman–Crippen MR) is 134 cm³/mol. The fraction of sp³-hybridized carbons (Fsp3) is 0.222. The third kappa shape index (κ3) is 6.03. The van der Waals surface area contributed by atoms with E-state index in [9.17, 15) is 9.18 Å². The largest absolute Gasteiger partial charge is 0.494 e. The quantitative estimate of drug-likeness (QED) is 0.226. The normalized spacial score (nSPS) is 10.8. The minimum Gasteiger partial charge on any atom is -0.494 e. The molecule has 0 unspecified atom stereocenters. The van der Waals surface area contributed by atoms with Gasteiger partial charge in [0, 0.05) is 35.3 Å². The van der Waals surface area contributed by atoms with Crippen LogP contribution in [0.25, 0.3) is 0 Å². The standard InChI is InChI=1S/C27H29FN2O5/c1-32-24-16-22(30-12-11-23(31)19-7-5-6-8-21(19)29)18(15-20(24)28)10-9-17-13-25(33-2)27(35-4)26(14-17)34-3/h5-8,11-16,30H,9-10,29H2,1-4H3/b12-11-. The number of nitrogens with one attached hydrogen (secondary N) is 1. The molecule has 0 fully saturated rings. The number of aryl methyl sites for hydroxylation is 2. The van der Waals surface area contributed by atoms with Crippen LogP contribution in [0.4, 0.5) is 15.8 Å². The molecule has 0 atom stereocenters. The van der Waals surface area contributed by atoms with Crippen LogP contribution in [0.3, 0.4) is 0 Å². The van der Waals surface area contributed by atoms with Crippen LogP contribution in [0.2, 0.25) is 0 Å². The summed E-state index contributed by atoms with van der Waals surface area (Å²) in [5.74, 6) is 0.964. The highest BCUT2D eigenvalue weighted by atomic mass is 19.1. The Balaban J connectivity index is 1.83. The first kappa shape index (κ1) is 25.4. The van der Waals surface area contributed by atoms with Gasteiger partial charge in [-0.25, -0.2) is 4.39 Å². The Morgan fingerprint density at radius 1 is 0.914 bits per heavy atom. The van der Waals surface area contributed by atoms with Crippen LogP contribution in [0, 0.1) is 5.82 Å². The lowest BCUT2D eigenvalue weighted by Gasteiger charge is -2.15. The van der Waals surface area contributed by atoms with Crippen molar-refractivity contribution in [1.29, 1.82) is 0 Å². The molecule has 0 amide bonds. The van der Waals surface area contributed by atoms with Crippen molar-refractivity contribution in [2.75, 3.05) is 39.5 Å². The Hall–Kier alpha value is -4.20. The maximum Gasteiger partial charge on any atom is 0.203 e. The molecule has 0 saturated carbocycles. The minimum absolute atomic E-state index is 0.0936. The molecule has 0 aromatic heterocycles. The number of nitrogen functional groups attached to an aromatic ring is 1. The van der Waals surface area contributed by atoms with Crippen LogP contribution in [0.15, 0.2) is 60.8 Å². The van der Waals surface area contributed by atoms with Gasteiger partial charge in [0.25, 0.3) is 0 Å². The lowest BCUT2D eigenvalue weighted by molar-refractivity contribution is 0.104. The van der Waals surface area contributed by atoms with Crippen molar-refractivity contribution in [2.24, 2.45) is 0 Å². The molecule has 0 radical (unpaired) electrons. The highest BCUT2D eigenvalue weighted by molar-refractivity contribution is 6.08. The third-order valence-corrected chi connectivity index (χ3v) is 5.48. The minimum atomic E-state index is -0.477. The van der Waals surface area contributed by atoms with E-state index >= 15 is 0 Å². The van der Waals surface area contributed by atoms with Crippen LogP contribution < -0.4 is 30.0 Å². The summed E-state index contributed by atoms with van der Waals surface area (Å²) < 4.78 is 35.9. The fourth-order valence-electron chi connectivity index (χ4n) is 3.67. The summed E-state index contributed by atoms with van der Waals surface area (Å²) in [6, 6.07) is 13.5. The summed E-state index contributed by atoms with van der Waals surface area (Å²) in [7, 11) is 6.05. The molecule has 3 N–H and O–H groups in total. The molecule has 3 aromatic carbocycles. The van der Waals surface area contributed by atoms with Crippen LogP contribution in [0.5, 0.6) is 23.0 Å². The van der Waals surface area contributed by atoms with Crippen LogP contribution in [0.1, 0.15) is 21.5 Å². The molecule has 3 aromatic rings. The molecule has 0 aliphatic carbocycles. The number of nitrogens with two attached hydrogens (primary N) is 1. The van der Waals surface area contributed by atoms with Crippen LogP contribution in [-0.4, -0.2) is 34.2 Å². The molecule has 0 saturated heterocycles. The van der Waals surface area contributed by atoms with E-state index in [0.717, 1.165) is 5.56 Å². The number of allylic oxidation sites excluding steroid dienone is 1. The van der Waals surface area contributed by atoms with Gasteiger partial charge in [-0.15, -0.1) is 0 Å². The van der Waals surface area contributed by atoms with Crippen molar-refractivity contribution in [1.82, 2.24) is 0 Å². The second-order valence-corrected chi connectivity index (χ2v) is 7.61. The number of anilines is 2. The average Bonchev–Trinajstić information content (AvgIpc) is 2.87. The molecule has 7 nitrogen and oxygen atoms in total. The Morgan fingerprint density at radius 3 is 2.17 bits per heavy atom. The SMILES string of the molecule is COc1cc(N/C=C\C(=O)c2ccccc2N)c(CCc2cc(OC)c(OC)c(OC)c2)cc1F. The number of halogens is 1. The average molecular weight is 481 g/mol. The first-order chi connectivity index (χ1) is 16.9. The van der Waals surface area contributed by atoms with Crippen LogP contribution in [-0.2, 0) is 12.8 Å². The molecule has 8 heteroatoms. The van der Waals surface area contributed by atoms with Crippen LogP contribution >= 0.6 is 0 Å². The van der Waals surface area contributed by atoms with Crippen molar-refractivity contribution >= 4 is 17.2 Å². The Labute approximate surface area is 204 Å². The van der Waals surface area contributed by atoms with Crippen molar-refractivity contribution < 1.29 is 28.1 Å². The monoisotopic (exact) mass is 480 g/mol. The highest BCUT2D eigenvalue weighted by Gasteiger charge is 2.15. The molecule has 0 aliphatic rings. The summed E-state index contributed by atoms with van der Waals surface area (Å²) in [5, 5.41) is 3.08. The van der Waals surface area contributed by atoms with Gasteiger partial charge in [0.15, 0.2) is 28.8 Å². The summed E-state index contributed by atoms with van der Waals surface area (Å²) in [6.07, 6.45) is 3.95. The number of methoxy groups -OCH3 is 4. The van der Waals surface area contributed by atoms with Crippen molar-refractivity contribution in [3.63, 3.8) is 0 Å². The van der Waals surface area contributed by atoms with E-state index in [-0.39, 0.29) is 11.5 Å². The molecule has 184 valence electrons. The zero-order valence-corrected chi connectivity index (χ0v) is 20.2. The number of carbonyl (C=O) groups is 1. The second kappa shape index (κ2) is 11.8. The van der Waals surface area contributed by atoms with Gasteiger partial charge in [0.2, 0.25) is 5.75 Å². The van der Waals surface area contributed by atoms with Crippen molar-refractivity contribution in [2.45, 2.75) is 12.8 Å². The summed E-state index contributed by atoms with van der Waals surface area (Å²) >= 11 is 0. The first-order valence-corrected chi connectivity index (χ1v) is 10.9. The smallest absolute Gasteiger partial charge is 0.203 e. The summed E-state index contributed by atoms with van der Waals surface area (Å²) in [4.78, 5) is 12.5. The maximum absolute atomic E-state index is 14.5. The Morgan fingerprint density at radius 2 is 1.57 bits per heavy atom. The van der Waals surface area contributed by atoms with Gasteiger partial charge in [-0.3, -0.25) is 4.79 Å². The molecule has 0 spiro atoms. The van der Waals surface area contributed by atoms with E-state index in [1.807, 2.05) is 12.1 Å². The van der Waals surface area contributed by atoms with E-state index in [2.05, 4.69) is 5.32 Å². The second-order valence-electron chi connectivity index (χ2n) is 7.61. The van der Waals surface area contributed by atoms with Gasteiger partial charge in [-0.05, 0) is 54.3 Å². The summed E-state index contributed by atoms with van der Waals surface area (Å²) in [5.41, 5.74) is 8.92. The highest BCUT2D eigenvalue weighted by Crippen LogP contribution is 2.38. The van der Waals surface area contributed by atoms with Gasteiger partial charge in [0.05, 0.1) is 28.4 Å². The Bertz CT molecular complexity index is 1200. The van der Waals surface area contributed by atoms with Gasteiger partial charge in [-0.2, -0.15) is 0 Å². The molecular formula is C27H29FN2O5. The molecule has 3 rings (SSSR count). The number of carbonyl (C=O) groups excluding carboxylic acids is 1. The van der Waals surface area contributed by atoms with E-state index in [0.29, 0.717) is 52.6 Å².